The van der Waals surface area contributed by atoms with Gasteiger partial charge in [-0.05, 0) is 6.92 Å². The number of ether oxygens (including phenoxy) is 1. The molecular weight excluding hydrogens is 326 g/mol. The topological polar surface area (TPSA) is 82.3 Å². The van der Waals surface area contributed by atoms with Crippen molar-refractivity contribution >= 4 is 58.3 Å². The molecule has 0 saturated heterocycles. The largest absolute Gasteiger partial charge is 0.448 e. The minimum atomic E-state index is -1.14. The fraction of sp³-hybridized carbons (Fsp3) is 0.222. The van der Waals surface area contributed by atoms with Gasteiger partial charge in [0.2, 0.25) is 0 Å². The minimum Gasteiger partial charge on any atom is -0.448 e. The maximum absolute atomic E-state index is 11.7. The summed E-state index contributed by atoms with van der Waals surface area (Å²) < 4.78 is 4.71. The zero-order valence-corrected chi connectivity index (χ0v) is 11.9. The van der Waals surface area contributed by atoms with E-state index in [0.717, 1.165) is 0 Å². The number of rotatable bonds is 3. The summed E-state index contributed by atoms with van der Waals surface area (Å²) in [7, 11) is 0. The molecular formula is C9H6Cl4N2O3. The van der Waals surface area contributed by atoms with Crippen LogP contribution in [0.3, 0.4) is 0 Å². The van der Waals surface area contributed by atoms with Crippen LogP contribution in [-0.4, -0.2) is 23.0 Å². The van der Waals surface area contributed by atoms with Crippen LogP contribution in [0.15, 0.2) is 0 Å². The number of pyridine rings is 1. The second-order valence-corrected chi connectivity index (χ2v) is 4.63. The molecule has 0 aliphatic carbocycles. The number of hydrogen-bond acceptors (Lipinski definition) is 4. The van der Waals surface area contributed by atoms with Crippen LogP contribution in [0.4, 0.5) is 0 Å². The van der Waals surface area contributed by atoms with Crippen molar-refractivity contribution in [3.63, 3.8) is 0 Å². The molecule has 0 bridgehead atoms. The van der Waals surface area contributed by atoms with E-state index in [1.165, 1.54) is 6.92 Å². The van der Waals surface area contributed by atoms with Crippen molar-refractivity contribution in [3.05, 3.63) is 25.9 Å². The molecule has 0 aliphatic heterocycles. The van der Waals surface area contributed by atoms with E-state index in [4.69, 9.17) is 56.9 Å². The van der Waals surface area contributed by atoms with Gasteiger partial charge in [-0.1, -0.05) is 46.4 Å². The van der Waals surface area contributed by atoms with Gasteiger partial charge in [0, 0.05) is 0 Å². The molecule has 2 N–H and O–H groups in total. The smallest absolute Gasteiger partial charge is 0.359 e. The molecule has 0 unspecified atom stereocenters. The summed E-state index contributed by atoms with van der Waals surface area (Å²) in [6.45, 7) is 1.30. The lowest BCUT2D eigenvalue weighted by Gasteiger charge is -2.11. The number of nitrogens with two attached hydrogens (primary N) is 1. The van der Waals surface area contributed by atoms with Crippen molar-refractivity contribution in [2.45, 2.75) is 13.0 Å². The average molecular weight is 332 g/mol. The van der Waals surface area contributed by atoms with E-state index in [-0.39, 0.29) is 25.9 Å². The Kier molecular flexibility index (Phi) is 5.04. The molecule has 1 heterocycles. The van der Waals surface area contributed by atoms with Crippen LogP contribution in [0.2, 0.25) is 20.2 Å². The SMILES string of the molecule is C[C@@H](OC(=O)c1nc(Cl)c(Cl)c(Cl)c1Cl)C(N)=O. The first-order valence-corrected chi connectivity index (χ1v) is 5.97. The van der Waals surface area contributed by atoms with Crippen molar-refractivity contribution in [2.75, 3.05) is 0 Å². The van der Waals surface area contributed by atoms with Crippen LogP contribution in [0.1, 0.15) is 17.4 Å². The Morgan fingerprint density at radius 3 is 2.22 bits per heavy atom. The Morgan fingerprint density at radius 2 is 1.72 bits per heavy atom. The molecule has 1 aromatic heterocycles. The molecule has 0 saturated carbocycles. The van der Waals surface area contributed by atoms with Crippen LogP contribution in [0.25, 0.3) is 0 Å². The van der Waals surface area contributed by atoms with Crippen LogP contribution < -0.4 is 5.73 Å². The molecule has 98 valence electrons. The summed E-state index contributed by atoms with van der Waals surface area (Å²) in [5.74, 6) is -1.79. The first-order chi connectivity index (χ1) is 8.25. The Hall–Kier alpha value is -0.750. The van der Waals surface area contributed by atoms with Crippen LogP contribution in [0.5, 0.6) is 0 Å². The van der Waals surface area contributed by atoms with Gasteiger partial charge < -0.3 is 10.5 Å². The highest BCUT2D eigenvalue weighted by atomic mass is 35.5. The summed E-state index contributed by atoms with van der Waals surface area (Å²) in [5.41, 5.74) is 4.60. The maximum Gasteiger partial charge on any atom is 0.359 e. The van der Waals surface area contributed by atoms with Crippen LogP contribution in [-0.2, 0) is 9.53 Å². The zero-order valence-electron chi connectivity index (χ0n) is 8.84. The fourth-order valence-electron chi connectivity index (χ4n) is 0.897. The van der Waals surface area contributed by atoms with Gasteiger partial charge in [0.25, 0.3) is 5.91 Å². The van der Waals surface area contributed by atoms with E-state index in [1.54, 1.807) is 0 Å². The number of aromatic nitrogens is 1. The molecule has 1 rings (SSSR count). The van der Waals surface area contributed by atoms with Gasteiger partial charge in [-0.3, -0.25) is 4.79 Å². The number of esters is 1. The molecule has 9 heteroatoms. The number of nitrogens with zero attached hydrogens (tertiary/aromatic N) is 1. The molecule has 18 heavy (non-hydrogen) atoms. The zero-order chi connectivity index (χ0) is 14.0. The average Bonchev–Trinajstić information content (AvgIpc) is 2.30. The molecule has 0 spiro atoms. The van der Waals surface area contributed by atoms with E-state index < -0.39 is 18.0 Å². The van der Waals surface area contributed by atoms with Gasteiger partial charge in [0.15, 0.2) is 11.8 Å². The number of halogens is 4. The fourth-order valence-corrected chi connectivity index (χ4v) is 1.70. The normalized spacial score (nSPS) is 12.1. The lowest BCUT2D eigenvalue weighted by molar-refractivity contribution is -0.125. The van der Waals surface area contributed by atoms with Gasteiger partial charge in [0.1, 0.15) is 5.15 Å². The molecule has 1 aromatic rings. The van der Waals surface area contributed by atoms with E-state index in [1.807, 2.05) is 0 Å². The van der Waals surface area contributed by atoms with Crippen molar-refractivity contribution in [1.82, 2.24) is 4.98 Å². The minimum absolute atomic E-state index is 0.0807. The summed E-state index contributed by atoms with van der Waals surface area (Å²) in [6.07, 6.45) is -1.14. The summed E-state index contributed by atoms with van der Waals surface area (Å²) in [4.78, 5) is 26.1. The molecule has 0 radical (unpaired) electrons. The number of carbonyl (C=O) groups excluding carboxylic acids is 2. The summed E-state index contributed by atoms with van der Waals surface area (Å²) in [5, 5.41) is -0.627. The van der Waals surface area contributed by atoms with Gasteiger partial charge in [0.05, 0.1) is 15.1 Å². The van der Waals surface area contributed by atoms with E-state index in [2.05, 4.69) is 4.98 Å². The third-order valence-corrected chi connectivity index (χ3v) is 3.54. The highest BCUT2D eigenvalue weighted by molar-refractivity contribution is 6.52. The van der Waals surface area contributed by atoms with Gasteiger partial charge in [-0.25, -0.2) is 9.78 Å². The van der Waals surface area contributed by atoms with Gasteiger partial charge >= 0.3 is 5.97 Å². The third kappa shape index (κ3) is 3.17. The quantitative estimate of drug-likeness (QED) is 0.682. The number of amides is 1. The summed E-state index contributed by atoms with van der Waals surface area (Å²) in [6, 6.07) is 0. The molecule has 5 nitrogen and oxygen atoms in total. The van der Waals surface area contributed by atoms with Crippen molar-refractivity contribution in [2.24, 2.45) is 5.73 Å². The second-order valence-electron chi connectivity index (χ2n) is 3.14. The standard InChI is InChI=1S/C9H6Cl4N2O3/c1-2(8(14)16)18-9(17)6-4(11)3(10)5(12)7(13)15-6/h2H,1H3,(H2,14,16)/t2-/m1/s1. The Balaban J connectivity index is 3.11. The Bertz CT molecular complexity index is 521. The van der Waals surface area contributed by atoms with Crippen molar-refractivity contribution < 1.29 is 14.3 Å². The molecule has 0 fully saturated rings. The Labute approximate surface area is 122 Å². The van der Waals surface area contributed by atoms with E-state index >= 15 is 0 Å². The molecule has 0 aromatic carbocycles. The highest BCUT2D eigenvalue weighted by Crippen LogP contribution is 2.36. The van der Waals surface area contributed by atoms with Crippen molar-refractivity contribution in [3.8, 4) is 0 Å². The predicted molar refractivity (Wildman–Crippen MR) is 68.3 cm³/mol. The van der Waals surface area contributed by atoms with Gasteiger partial charge in [-0.15, -0.1) is 0 Å². The third-order valence-electron chi connectivity index (χ3n) is 1.86. The predicted octanol–water partition coefficient (Wildman–Crippen LogP) is 2.73. The van der Waals surface area contributed by atoms with E-state index in [0.29, 0.717) is 0 Å². The highest BCUT2D eigenvalue weighted by Gasteiger charge is 2.24. The van der Waals surface area contributed by atoms with Gasteiger partial charge in [-0.2, -0.15) is 0 Å². The first-order valence-electron chi connectivity index (χ1n) is 4.46. The number of primary amides is 1. The molecule has 0 aliphatic rings. The van der Waals surface area contributed by atoms with E-state index in [9.17, 15) is 9.59 Å². The summed E-state index contributed by atoms with van der Waals surface area (Å²) >= 11 is 22.8. The lowest BCUT2D eigenvalue weighted by Crippen LogP contribution is -2.30. The number of carbonyl (C=O) groups is 2. The van der Waals surface area contributed by atoms with Crippen LogP contribution >= 0.6 is 46.4 Å². The lowest BCUT2D eigenvalue weighted by atomic mass is 10.3. The maximum atomic E-state index is 11.7. The van der Waals surface area contributed by atoms with Crippen molar-refractivity contribution in [1.29, 1.82) is 0 Å². The molecule has 1 amide bonds. The second kappa shape index (κ2) is 5.93. The monoisotopic (exact) mass is 330 g/mol. The number of hydrogen-bond donors (Lipinski definition) is 1. The van der Waals surface area contributed by atoms with Crippen LogP contribution in [0, 0.1) is 0 Å². The Morgan fingerprint density at radius 1 is 1.17 bits per heavy atom. The molecule has 1 atom stereocenters. The first kappa shape index (κ1) is 15.3.